The third kappa shape index (κ3) is 5.24. The van der Waals surface area contributed by atoms with E-state index in [1.807, 2.05) is 20.8 Å². The van der Waals surface area contributed by atoms with Gasteiger partial charge in [0.05, 0.1) is 18.1 Å². The first kappa shape index (κ1) is 29.4. The van der Waals surface area contributed by atoms with E-state index in [9.17, 15) is 19.5 Å². The fourth-order valence-corrected chi connectivity index (χ4v) is 7.18. The van der Waals surface area contributed by atoms with Gasteiger partial charge in [-0.2, -0.15) is 0 Å². The molecule has 2 bridgehead atoms. The second-order valence-corrected chi connectivity index (χ2v) is 12.9. The summed E-state index contributed by atoms with van der Waals surface area (Å²) in [5.41, 5.74) is -2.55. The van der Waals surface area contributed by atoms with Gasteiger partial charge in [-0.05, 0) is 58.3 Å². The third-order valence-electron chi connectivity index (χ3n) is 8.16. The molecule has 3 saturated heterocycles. The van der Waals surface area contributed by atoms with Crippen LogP contribution in [-0.4, -0.2) is 81.8 Å². The number of amides is 2. The molecular weight excluding hydrogens is 472 g/mol. The number of aliphatic hydroxyl groups is 1. The molecule has 3 fully saturated rings. The number of ether oxygens (including phenoxy) is 2. The van der Waals surface area contributed by atoms with Crippen LogP contribution >= 0.6 is 0 Å². The topological polar surface area (TPSA) is 96.4 Å². The lowest BCUT2D eigenvalue weighted by Gasteiger charge is -2.45. The van der Waals surface area contributed by atoms with Crippen molar-refractivity contribution in [2.24, 2.45) is 17.3 Å². The van der Waals surface area contributed by atoms with Gasteiger partial charge in [-0.1, -0.05) is 32.9 Å². The molecule has 2 amide bonds. The molecule has 3 rings (SSSR count). The van der Waals surface area contributed by atoms with Crippen LogP contribution in [0, 0.1) is 17.3 Å². The molecule has 3 aliphatic rings. The van der Waals surface area contributed by atoms with Crippen LogP contribution in [0.25, 0.3) is 0 Å². The van der Waals surface area contributed by atoms with Crippen LogP contribution < -0.4 is 0 Å². The lowest BCUT2D eigenvalue weighted by molar-refractivity contribution is -0.161. The van der Waals surface area contributed by atoms with Gasteiger partial charge >= 0.3 is 5.97 Å². The van der Waals surface area contributed by atoms with Crippen molar-refractivity contribution in [2.45, 2.75) is 96.4 Å². The number of aliphatic hydroxyl groups excluding tert-OH is 1. The van der Waals surface area contributed by atoms with E-state index in [-0.39, 0.29) is 37.0 Å². The maximum atomic E-state index is 14.5. The predicted molar refractivity (Wildman–Crippen MR) is 141 cm³/mol. The quantitative estimate of drug-likeness (QED) is 0.241. The number of hydrogen-bond donors (Lipinski definition) is 1. The molecule has 0 aromatic rings. The summed E-state index contributed by atoms with van der Waals surface area (Å²) >= 11 is 0. The van der Waals surface area contributed by atoms with Crippen LogP contribution in [0.3, 0.4) is 0 Å². The number of rotatable bonds is 12. The van der Waals surface area contributed by atoms with Gasteiger partial charge in [0.2, 0.25) is 11.8 Å². The highest BCUT2D eigenvalue weighted by atomic mass is 16.6. The first-order valence-electron chi connectivity index (χ1n) is 13.5. The molecule has 3 heterocycles. The smallest absolute Gasteiger partial charge is 0.312 e. The highest BCUT2D eigenvalue weighted by molar-refractivity contribution is 5.98. The van der Waals surface area contributed by atoms with Crippen LogP contribution in [0.5, 0.6) is 0 Å². The monoisotopic (exact) mass is 518 g/mol. The Morgan fingerprint density at radius 2 is 1.89 bits per heavy atom. The second kappa shape index (κ2) is 10.5. The van der Waals surface area contributed by atoms with Crippen LogP contribution in [0.1, 0.15) is 73.6 Å². The van der Waals surface area contributed by atoms with Crippen LogP contribution in [-0.2, 0) is 23.9 Å². The van der Waals surface area contributed by atoms with Crippen LogP contribution in [0.4, 0.5) is 0 Å². The summed E-state index contributed by atoms with van der Waals surface area (Å²) in [4.78, 5) is 45.2. The zero-order valence-electron chi connectivity index (χ0n) is 23.5. The van der Waals surface area contributed by atoms with E-state index in [4.69, 9.17) is 9.47 Å². The van der Waals surface area contributed by atoms with Gasteiger partial charge < -0.3 is 24.4 Å². The molecule has 208 valence electrons. The maximum absolute atomic E-state index is 14.5. The maximum Gasteiger partial charge on any atom is 0.312 e. The molecule has 2 unspecified atom stereocenters. The van der Waals surface area contributed by atoms with E-state index >= 15 is 0 Å². The Morgan fingerprint density at radius 1 is 1.22 bits per heavy atom. The van der Waals surface area contributed by atoms with Gasteiger partial charge in [0, 0.05) is 25.2 Å². The average molecular weight is 519 g/mol. The number of carbonyl (C=O) groups is 3. The fraction of sp³-hybridized carbons (Fsp3) is 0.759. The predicted octanol–water partition coefficient (Wildman–Crippen LogP) is 3.48. The minimum absolute atomic E-state index is 0.0395. The van der Waals surface area contributed by atoms with Crippen molar-refractivity contribution in [2.75, 3.05) is 26.3 Å². The number of carbonyl (C=O) groups excluding carboxylic acids is 3. The third-order valence-corrected chi connectivity index (χ3v) is 8.16. The van der Waals surface area contributed by atoms with Crippen molar-refractivity contribution >= 4 is 17.8 Å². The molecule has 5 atom stereocenters. The molecule has 3 aliphatic heterocycles. The highest BCUT2D eigenvalue weighted by Gasteiger charge is 2.78. The van der Waals surface area contributed by atoms with Crippen LogP contribution in [0.15, 0.2) is 25.3 Å². The summed E-state index contributed by atoms with van der Waals surface area (Å²) in [6.45, 7) is 20.5. The summed E-state index contributed by atoms with van der Waals surface area (Å²) in [5, 5.41) is 9.56. The van der Waals surface area contributed by atoms with Crippen molar-refractivity contribution < 1.29 is 29.0 Å². The molecule has 1 spiro atoms. The van der Waals surface area contributed by atoms with E-state index < -0.39 is 40.6 Å². The summed E-state index contributed by atoms with van der Waals surface area (Å²) in [6, 6.07) is -0.886. The Kier molecular flexibility index (Phi) is 8.35. The Labute approximate surface area is 222 Å². The van der Waals surface area contributed by atoms with E-state index in [1.165, 1.54) is 0 Å². The average Bonchev–Trinajstić information content (AvgIpc) is 3.34. The zero-order valence-corrected chi connectivity index (χ0v) is 23.5. The molecule has 37 heavy (non-hydrogen) atoms. The summed E-state index contributed by atoms with van der Waals surface area (Å²) in [7, 11) is 0. The van der Waals surface area contributed by atoms with Gasteiger partial charge in [0.1, 0.15) is 17.6 Å². The van der Waals surface area contributed by atoms with E-state index in [0.29, 0.717) is 32.2 Å². The van der Waals surface area contributed by atoms with Crippen molar-refractivity contribution in [1.82, 2.24) is 9.80 Å². The van der Waals surface area contributed by atoms with Crippen LogP contribution in [0.2, 0.25) is 0 Å². The Bertz CT molecular complexity index is 924. The first-order valence-corrected chi connectivity index (χ1v) is 13.5. The molecule has 0 radical (unpaired) electrons. The standard InChI is InChI=1S/C29H46N2O6/c1-9-11-18-36-25(35)21-20-23(33)30(16-12-17-32)22(29(20)14-13-28(21,8)37-29)24(34)31(15-10-2)27(6,7)19-26(3,4)5/h9-10,20-22,32H,1-2,11-19H2,3-8H3/t20-,21+,22?,28-,29?/m0/s1. The number of nitrogens with zero attached hydrogens (tertiary/aromatic N) is 2. The summed E-state index contributed by atoms with van der Waals surface area (Å²) < 4.78 is 12.2. The van der Waals surface area contributed by atoms with Crippen molar-refractivity contribution in [3.63, 3.8) is 0 Å². The summed E-state index contributed by atoms with van der Waals surface area (Å²) in [5.74, 6) is -2.52. The molecule has 0 saturated carbocycles. The number of hydrogen-bond acceptors (Lipinski definition) is 6. The second-order valence-electron chi connectivity index (χ2n) is 12.9. The number of fused-ring (bicyclic) bond motifs is 1. The normalized spacial score (nSPS) is 30.8. The minimum atomic E-state index is -1.11. The summed E-state index contributed by atoms with van der Waals surface area (Å²) in [6.07, 6.45) is 6.03. The molecule has 1 N–H and O–H groups in total. The molecule has 0 aliphatic carbocycles. The molecule has 8 heteroatoms. The molecule has 0 aromatic heterocycles. The molecular formula is C29H46N2O6. The minimum Gasteiger partial charge on any atom is -0.465 e. The highest BCUT2D eigenvalue weighted by Crippen LogP contribution is 2.63. The van der Waals surface area contributed by atoms with Gasteiger partial charge in [-0.3, -0.25) is 14.4 Å². The van der Waals surface area contributed by atoms with Gasteiger partial charge in [-0.15, -0.1) is 13.2 Å². The van der Waals surface area contributed by atoms with Crippen molar-refractivity contribution in [1.29, 1.82) is 0 Å². The lowest BCUT2D eigenvalue weighted by atomic mass is 9.66. The Morgan fingerprint density at radius 3 is 2.46 bits per heavy atom. The van der Waals surface area contributed by atoms with Crippen molar-refractivity contribution in [3.05, 3.63) is 25.3 Å². The SMILES string of the molecule is C=CCCOC(=O)[C@H]1[C@H]2C(=O)N(CCCO)C(C(=O)N(CC=C)C(C)(C)CC(C)(C)C)C23CC[C@]1(C)O3. The number of esters is 1. The largest absolute Gasteiger partial charge is 0.465 e. The van der Waals surface area contributed by atoms with E-state index in [1.54, 1.807) is 22.0 Å². The molecule has 0 aromatic carbocycles. The van der Waals surface area contributed by atoms with E-state index in [2.05, 4.69) is 33.9 Å². The van der Waals surface area contributed by atoms with E-state index in [0.717, 1.165) is 6.42 Å². The van der Waals surface area contributed by atoms with Gasteiger partial charge in [0.15, 0.2) is 0 Å². The zero-order chi connectivity index (χ0) is 27.8. The first-order chi connectivity index (χ1) is 17.2. The Balaban J connectivity index is 2.06. The van der Waals surface area contributed by atoms with Gasteiger partial charge in [0.25, 0.3) is 0 Å². The van der Waals surface area contributed by atoms with Crippen molar-refractivity contribution in [3.8, 4) is 0 Å². The lowest BCUT2D eigenvalue weighted by Crippen LogP contribution is -2.61. The molecule has 8 nitrogen and oxygen atoms in total. The Hall–Kier alpha value is -2.19. The number of likely N-dealkylation sites (tertiary alicyclic amines) is 1. The van der Waals surface area contributed by atoms with Gasteiger partial charge in [-0.25, -0.2) is 0 Å². The fourth-order valence-electron chi connectivity index (χ4n) is 7.18.